The molecule has 0 unspecified atom stereocenters. The number of likely N-dealkylation sites (N-methyl/N-ethyl adjacent to an activating group) is 3. The van der Waals surface area contributed by atoms with Crippen molar-refractivity contribution >= 4 is 11.9 Å². The highest BCUT2D eigenvalue weighted by Gasteiger charge is 2.23. The lowest BCUT2D eigenvalue weighted by Gasteiger charge is -2.24. The van der Waals surface area contributed by atoms with Gasteiger partial charge in [-0.1, -0.05) is 0 Å². The van der Waals surface area contributed by atoms with Crippen molar-refractivity contribution in [1.82, 2.24) is 19.8 Å². The fourth-order valence-corrected chi connectivity index (χ4v) is 2.59. The molecule has 2 heterocycles. The minimum absolute atomic E-state index is 0.104. The third-order valence-corrected chi connectivity index (χ3v) is 3.83. The van der Waals surface area contributed by atoms with Gasteiger partial charge in [-0.2, -0.15) is 0 Å². The van der Waals surface area contributed by atoms with Gasteiger partial charge >= 0.3 is 5.97 Å². The standard InChI is InChI=1S/C14H23N5O2/c1-17-5-4-12(9-17)18(2)8-11-6-15-14(16-7-11)19(3)10-13(20)21/h6-7,12H,4-5,8-10H2,1-3H3,(H,20,21)/t12-/m0/s1. The molecule has 0 amide bonds. The van der Waals surface area contributed by atoms with E-state index in [-0.39, 0.29) is 6.54 Å². The SMILES string of the molecule is CN1CC[C@H](N(C)Cc2cnc(N(C)CC(=O)O)nc2)C1. The first-order valence-electron chi connectivity index (χ1n) is 7.08. The van der Waals surface area contributed by atoms with Gasteiger partial charge in [0.25, 0.3) is 0 Å². The van der Waals surface area contributed by atoms with Crippen molar-refractivity contribution in [3.05, 3.63) is 18.0 Å². The largest absolute Gasteiger partial charge is 0.480 e. The van der Waals surface area contributed by atoms with E-state index in [9.17, 15) is 4.79 Å². The van der Waals surface area contributed by atoms with Gasteiger partial charge in [0.2, 0.25) is 5.95 Å². The van der Waals surface area contributed by atoms with E-state index in [1.165, 1.54) is 11.3 Å². The van der Waals surface area contributed by atoms with E-state index >= 15 is 0 Å². The fourth-order valence-electron chi connectivity index (χ4n) is 2.59. The van der Waals surface area contributed by atoms with Crippen LogP contribution in [-0.2, 0) is 11.3 Å². The van der Waals surface area contributed by atoms with Crippen LogP contribution in [0.3, 0.4) is 0 Å². The molecule has 21 heavy (non-hydrogen) atoms. The predicted octanol–water partition coefficient (Wildman–Crippen LogP) is 0.133. The summed E-state index contributed by atoms with van der Waals surface area (Å²) < 4.78 is 0. The molecular weight excluding hydrogens is 270 g/mol. The van der Waals surface area contributed by atoms with Crippen molar-refractivity contribution in [2.24, 2.45) is 0 Å². The van der Waals surface area contributed by atoms with E-state index in [1.54, 1.807) is 19.4 Å². The van der Waals surface area contributed by atoms with Crippen LogP contribution in [0.25, 0.3) is 0 Å². The smallest absolute Gasteiger partial charge is 0.323 e. The van der Waals surface area contributed by atoms with Crippen LogP contribution in [0.5, 0.6) is 0 Å². The van der Waals surface area contributed by atoms with Gasteiger partial charge < -0.3 is 14.9 Å². The molecule has 1 N–H and O–H groups in total. The van der Waals surface area contributed by atoms with Gasteiger partial charge in [-0.05, 0) is 27.1 Å². The van der Waals surface area contributed by atoms with Crippen molar-refractivity contribution in [3.63, 3.8) is 0 Å². The summed E-state index contributed by atoms with van der Waals surface area (Å²) in [6.07, 6.45) is 4.74. The molecule has 0 spiro atoms. The van der Waals surface area contributed by atoms with Crippen LogP contribution in [0.2, 0.25) is 0 Å². The molecule has 0 aliphatic carbocycles. The third-order valence-electron chi connectivity index (χ3n) is 3.83. The van der Waals surface area contributed by atoms with Crippen molar-refractivity contribution in [2.45, 2.75) is 19.0 Å². The molecule has 1 atom stereocenters. The number of anilines is 1. The molecule has 2 rings (SSSR count). The van der Waals surface area contributed by atoms with Gasteiger partial charge in [0, 0.05) is 44.1 Å². The molecule has 0 aromatic carbocycles. The van der Waals surface area contributed by atoms with Gasteiger partial charge in [-0.15, -0.1) is 0 Å². The molecule has 1 aliphatic rings. The summed E-state index contributed by atoms with van der Waals surface area (Å²) in [6, 6.07) is 0.573. The van der Waals surface area contributed by atoms with E-state index in [0.717, 1.165) is 25.2 Å². The first kappa shape index (κ1) is 15.7. The Morgan fingerprint density at radius 3 is 2.62 bits per heavy atom. The number of carboxylic acid groups (broad SMARTS) is 1. The first-order valence-corrected chi connectivity index (χ1v) is 7.08. The van der Waals surface area contributed by atoms with Gasteiger partial charge in [0.15, 0.2) is 0 Å². The highest BCUT2D eigenvalue weighted by Crippen LogP contribution is 2.15. The number of hydrogen-bond donors (Lipinski definition) is 1. The van der Waals surface area contributed by atoms with Gasteiger partial charge in [0.05, 0.1) is 0 Å². The number of carboxylic acids is 1. The van der Waals surface area contributed by atoms with Crippen molar-refractivity contribution < 1.29 is 9.90 Å². The van der Waals surface area contributed by atoms with Gasteiger partial charge in [0.1, 0.15) is 6.54 Å². The summed E-state index contributed by atoms with van der Waals surface area (Å²) in [4.78, 5) is 25.3. The Labute approximate surface area is 125 Å². The lowest BCUT2D eigenvalue weighted by molar-refractivity contribution is -0.135. The zero-order chi connectivity index (χ0) is 15.4. The van der Waals surface area contributed by atoms with Crippen LogP contribution in [-0.4, -0.2) is 77.7 Å². The Balaban J connectivity index is 1.91. The summed E-state index contributed by atoms with van der Waals surface area (Å²) in [5, 5.41) is 8.75. The molecule has 7 nitrogen and oxygen atoms in total. The average Bonchev–Trinajstić information content (AvgIpc) is 2.85. The zero-order valence-corrected chi connectivity index (χ0v) is 12.9. The molecule has 116 valence electrons. The van der Waals surface area contributed by atoms with Gasteiger partial charge in [-0.25, -0.2) is 9.97 Å². The van der Waals surface area contributed by atoms with E-state index in [4.69, 9.17) is 5.11 Å². The van der Waals surface area contributed by atoms with Crippen LogP contribution in [0, 0.1) is 0 Å². The Morgan fingerprint density at radius 2 is 2.10 bits per heavy atom. The van der Waals surface area contributed by atoms with E-state index in [1.807, 2.05) is 0 Å². The summed E-state index contributed by atoms with van der Waals surface area (Å²) >= 11 is 0. The Morgan fingerprint density at radius 1 is 1.43 bits per heavy atom. The minimum atomic E-state index is -0.893. The first-order chi connectivity index (χ1) is 9.95. The number of aliphatic carboxylic acids is 1. The number of rotatable bonds is 6. The molecule has 1 aromatic heterocycles. The van der Waals surface area contributed by atoms with Crippen molar-refractivity contribution in [1.29, 1.82) is 0 Å². The van der Waals surface area contributed by atoms with Crippen LogP contribution in [0.4, 0.5) is 5.95 Å². The van der Waals surface area contributed by atoms with Crippen molar-refractivity contribution in [3.8, 4) is 0 Å². The normalized spacial score (nSPS) is 19.1. The second kappa shape index (κ2) is 6.82. The monoisotopic (exact) mass is 293 g/mol. The van der Waals surface area contributed by atoms with Crippen LogP contribution >= 0.6 is 0 Å². The van der Waals surface area contributed by atoms with Crippen LogP contribution in [0.15, 0.2) is 12.4 Å². The summed E-state index contributed by atoms with van der Waals surface area (Å²) in [5.41, 5.74) is 1.04. The Bertz CT molecular complexity index is 479. The number of likely N-dealkylation sites (tertiary alicyclic amines) is 1. The van der Waals surface area contributed by atoms with Crippen molar-refractivity contribution in [2.75, 3.05) is 45.7 Å². The molecule has 7 heteroatoms. The minimum Gasteiger partial charge on any atom is -0.480 e. The maximum absolute atomic E-state index is 10.7. The zero-order valence-electron chi connectivity index (χ0n) is 12.9. The Hall–Kier alpha value is -1.73. The predicted molar refractivity (Wildman–Crippen MR) is 80.3 cm³/mol. The molecule has 0 radical (unpaired) electrons. The molecule has 0 saturated carbocycles. The lowest BCUT2D eigenvalue weighted by atomic mass is 10.2. The van der Waals surface area contributed by atoms with E-state index < -0.39 is 5.97 Å². The average molecular weight is 293 g/mol. The van der Waals surface area contributed by atoms with Crippen LogP contribution < -0.4 is 4.90 Å². The number of carbonyl (C=O) groups is 1. The lowest BCUT2D eigenvalue weighted by Crippen LogP contribution is -2.33. The van der Waals surface area contributed by atoms with E-state index in [0.29, 0.717) is 12.0 Å². The molecule has 1 aliphatic heterocycles. The second-order valence-electron chi connectivity index (χ2n) is 5.76. The summed E-state index contributed by atoms with van der Waals surface area (Å²) in [7, 11) is 5.93. The highest BCUT2D eigenvalue weighted by atomic mass is 16.4. The summed E-state index contributed by atoms with van der Waals surface area (Å²) in [5.74, 6) is -0.459. The van der Waals surface area contributed by atoms with Crippen LogP contribution in [0.1, 0.15) is 12.0 Å². The molecule has 1 aromatic rings. The second-order valence-corrected chi connectivity index (χ2v) is 5.76. The summed E-state index contributed by atoms with van der Waals surface area (Å²) in [6.45, 7) is 2.94. The fraction of sp³-hybridized carbons (Fsp3) is 0.643. The number of nitrogens with zero attached hydrogens (tertiary/aromatic N) is 5. The third kappa shape index (κ3) is 4.37. The maximum atomic E-state index is 10.7. The number of hydrogen-bond acceptors (Lipinski definition) is 6. The molecule has 0 bridgehead atoms. The quantitative estimate of drug-likeness (QED) is 0.799. The molecular formula is C14H23N5O2. The molecule has 1 saturated heterocycles. The molecule has 1 fully saturated rings. The topological polar surface area (TPSA) is 72.8 Å². The van der Waals surface area contributed by atoms with Gasteiger partial charge in [-0.3, -0.25) is 9.69 Å². The number of aromatic nitrogens is 2. The maximum Gasteiger partial charge on any atom is 0.323 e. The highest BCUT2D eigenvalue weighted by molar-refractivity contribution is 5.72. The Kier molecular flexibility index (Phi) is 5.08. The van der Waals surface area contributed by atoms with E-state index in [2.05, 4.69) is 33.9 Å².